The van der Waals surface area contributed by atoms with Gasteiger partial charge in [-0.3, -0.25) is 0 Å². The van der Waals surface area contributed by atoms with E-state index in [1.807, 2.05) is 6.07 Å². The van der Waals surface area contributed by atoms with Crippen molar-refractivity contribution in [3.63, 3.8) is 0 Å². The van der Waals surface area contributed by atoms with E-state index in [2.05, 4.69) is 39.0 Å². The van der Waals surface area contributed by atoms with Crippen molar-refractivity contribution in [1.29, 1.82) is 0 Å². The van der Waals surface area contributed by atoms with Crippen molar-refractivity contribution in [2.24, 2.45) is 11.8 Å². The molecule has 134 valence electrons. The molecule has 1 fully saturated rings. The van der Waals surface area contributed by atoms with Gasteiger partial charge in [-0.25, -0.2) is 4.39 Å². The molecule has 1 nitrogen and oxygen atoms in total. The maximum absolute atomic E-state index is 14.6. The molecule has 2 heteroatoms. The van der Waals surface area contributed by atoms with Crippen LogP contribution in [-0.2, 0) is 6.42 Å². The molecule has 0 spiro atoms. The normalized spacial score (nSPS) is 20.2. The van der Waals surface area contributed by atoms with Crippen molar-refractivity contribution >= 4 is 0 Å². The molecule has 25 heavy (non-hydrogen) atoms. The average molecular weight is 340 g/mol. The Kier molecular flexibility index (Phi) is 5.46. The van der Waals surface area contributed by atoms with E-state index < -0.39 is 0 Å². The Bertz CT molecular complexity index is 735. The molecular formula is C23H29FO. The summed E-state index contributed by atoms with van der Waals surface area (Å²) in [5, 5.41) is 0. The van der Waals surface area contributed by atoms with Crippen LogP contribution in [0.1, 0.15) is 57.1 Å². The van der Waals surface area contributed by atoms with Crippen LogP contribution in [0.5, 0.6) is 5.75 Å². The van der Waals surface area contributed by atoms with Crippen LogP contribution in [0.4, 0.5) is 4.39 Å². The Labute approximate surface area is 151 Å². The zero-order valence-electron chi connectivity index (χ0n) is 15.8. The number of benzene rings is 2. The summed E-state index contributed by atoms with van der Waals surface area (Å²) in [6.07, 6.45) is 4.79. The van der Waals surface area contributed by atoms with Crippen LogP contribution in [0.25, 0.3) is 11.1 Å². The van der Waals surface area contributed by atoms with Crippen LogP contribution in [-0.4, -0.2) is 7.11 Å². The molecule has 0 aliphatic heterocycles. The monoisotopic (exact) mass is 340 g/mol. The molecule has 0 N–H and O–H groups in total. The highest BCUT2D eigenvalue weighted by Gasteiger charge is 2.28. The van der Waals surface area contributed by atoms with E-state index in [9.17, 15) is 4.39 Å². The summed E-state index contributed by atoms with van der Waals surface area (Å²) in [5.74, 6) is 2.32. The lowest BCUT2D eigenvalue weighted by Gasteiger charge is -2.22. The minimum atomic E-state index is -0.177. The van der Waals surface area contributed by atoms with Crippen molar-refractivity contribution in [3.05, 3.63) is 53.3 Å². The quantitative estimate of drug-likeness (QED) is 0.595. The smallest absolute Gasteiger partial charge is 0.131 e. The zero-order chi connectivity index (χ0) is 18.0. The van der Waals surface area contributed by atoms with E-state index in [4.69, 9.17) is 4.74 Å². The van der Waals surface area contributed by atoms with E-state index in [1.165, 1.54) is 36.5 Å². The summed E-state index contributed by atoms with van der Waals surface area (Å²) in [6.45, 7) is 6.82. The van der Waals surface area contributed by atoms with Crippen molar-refractivity contribution in [2.45, 2.75) is 52.4 Å². The fraction of sp³-hybridized carbons (Fsp3) is 0.478. The lowest BCUT2D eigenvalue weighted by Crippen LogP contribution is -2.06. The highest BCUT2D eigenvalue weighted by atomic mass is 19.1. The molecule has 0 radical (unpaired) electrons. The number of hydrogen-bond acceptors (Lipinski definition) is 1. The van der Waals surface area contributed by atoms with Crippen LogP contribution >= 0.6 is 0 Å². The second-order valence-corrected chi connectivity index (χ2v) is 7.88. The van der Waals surface area contributed by atoms with Gasteiger partial charge in [0.25, 0.3) is 0 Å². The Morgan fingerprint density at radius 2 is 1.88 bits per heavy atom. The van der Waals surface area contributed by atoms with E-state index in [0.717, 1.165) is 12.0 Å². The van der Waals surface area contributed by atoms with Crippen molar-refractivity contribution in [1.82, 2.24) is 0 Å². The lowest BCUT2D eigenvalue weighted by molar-refractivity contribution is 0.414. The summed E-state index contributed by atoms with van der Waals surface area (Å²) < 4.78 is 19.9. The molecule has 2 atom stereocenters. The van der Waals surface area contributed by atoms with E-state index in [0.29, 0.717) is 29.1 Å². The van der Waals surface area contributed by atoms with Gasteiger partial charge in [0.1, 0.15) is 11.6 Å². The Hall–Kier alpha value is -1.83. The van der Waals surface area contributed by atoms with Gasteiger partial charge in [0.2, 0.25) is 0 Å². The second kappa shape index (κ2) is 7.59. The van der Waals surface area contributed by atoms with E-state index >= 15 is 0 Å². The number of methoxy groups -OCH3 is 1. The molecule has 1 aliphatic carbocycles. The summed E-state index contributed by atoms with van der Waals surface area (Å²) in [6, 6.07) is 11.6. The maximum atomic E-state index is 14.6. The molecular weight excluding hydrogens is 311 g/mol. The molecule has 1 saturated carbocycles. The average Bonchev–Trinajstić information content (AvgIpc) is 3.01. The highest BCUT2D eigenvalue weighted by Crippen LogP contribution is 2.44. The predicted octanol–water partition coefficient (Wildman–Crippen LogP) is 6.60. The lowest BCUT2D eigenvalue weighted by atomic mass is 9.83. The van der Waals surface area contributed by atoms with Gasteiger partial charge in [0, 0.05) is 5.56 Å². The van der Waals surface area contributed by atoms with Gasteiger partial charge in [-0.15, -0.1) is 0 Å². The molecule has 2 aromatic rings. The van der Waals surface area contributed by atoms with Gasteiger partial charge >= 0.3 is 0 Å². The first kappa shape index (κ1) is 18.0. The summed E-state index contributed by atoms with van der Waals surface area (Å²) in [7, 11) is 1.63. The molecule has 0 unspecified atom stereocenters. The Balaban J connectivity index is 2.12. The standard InChI is InChI=1S/C23H29FO/c1-15(2)12-17-8-10-20(21(13-17)19-7-5-6-16(19)3)22-14-18(25-4)9-11-23(22)24/h8-11,13-16,19H,5-7,12H2,1-4H3/t16-,19+/m0/s1. The van der Waals surface area contributed by atoms with Crippen LogP contribution in [0, 0.1) is 17.7 Å². The van der Waals surface area contributed by atoms with Crippen molar-refractivity contribution < 1.29 is 9.13 Å². The molecule has 0 bridgehead atoms. The van der Waals surface area contributed by atoms with Gasteiger partial charge in [-0.2, -0.15) is 0 Å². The molecule has 0 aromatic heterocycles. The number of rotatable bonds is 5. The van der Waals surface area contributed by atoms with Crippen molar-refractivity contribution in [3.8, 4) is 16.9 Å². The largest absolute Gasteiger partial charge is 0.497 e. The fourth-order valence-electron chi connectivity index (χ4n) is 4.21. The molecule has 2 aromatic carbocycles. The number of hydrogen-bond donors (Lipinski definition) is 0. The number of ether oxygens (including phenoxy) is 1. The van der Waals surface area contributed by atoms with Crippen molar-refractivity contribution in [2.75, 3.05) is 7.11 Å². The fourth-order valence-corrected chi connectivity index (χ4v) is 4.21. The minimum Gasteiger partial charge on any atom is -0.497 e. The van der Waals surface area contributed by atoms with E-state index in [1.54, 1.807) is 13.2 Å². The Morgan fingerprint density at radius 3 is 2.52 bits per heavy atom. The van der Waals surface area contributed by atoms with Gasteiger partial charge in [-0.1, -0.05) is 51.8 Å². The number of halogens is 1. The first-order valence-electron chi connectivity index (χ1n) is 9.46. The first-order valence-corrected chi connectivity index (χ1v) is 9.46. The minimum absolute atomic E-state index is 0.177. The zero-order valence-corrected chi connectivity index (χ0v) is 15.8. The molecule has 3 rings (SSSR count). The van der Waals surface area contributed by atoms with Gasteiger partial charge < -0.3 is 4.74 Å². The Morgan fingerprint density at radius 1 is 1.08 bits per heavy atom. The predicted molar refractivity (Wildman–Crippen MR) is 103 cm³/mol. The third-order valence-electron chi connectivity index (χ3n) is 5.48. The summed E-state index contributed by atoms with van der Waals surface area (Å²) in [4.78, 5) is 0. The van der Waals surface area contributed by atoms with Gasteiger partial charge in [0.15, 0.2) is 0 Å². The van der Waals surface area contributed by atoms with Gasteiger partial charge in [0.05, 0.1) is 7.11 Å². The van der Waals surface area contributed by atoms with Crippen LogP contribution < -0.4 is 4.74 Å². The topological polar surface area (TPSA) is 9.23 Å². The SMILES string of the molecule is COc1ccc(F)c(-c2ccc(CC(C)C)cc2[C@@H]2CCC[C@@H]2C)c1. The molecule has 0 amide bonds. The van der Waals surface area contributed by atoms with Crippen LogP contribution in [0.15, 0.2) is 36.4 Å². The van der Waals surface area contributed by atoms with E-state index in [-0.39, 0.29) is 5.82 Å². The summed E-state index contributed by atoms with van der Waals surface area (Å²) >= 11 is 0. The van der Waals surface area contributed by atoms with Gasteiger partial charge in [-0.05, 0) is 65.5 Å². The first-order chi connectivity index (χ1) is 12.0. The third kappa shape index (κ3) is 3.89. The second-order valence-electron chi connectivity index (χ2n) is 7.88. The van der Waals surface area contributed by atoms with Crippen LogP contribution in [0.3, 0.4) is 0 Å². The van der Waals surface area contributed by atoms with Crippen LogP contribution in [0.2, 0.25) is 0 Å². The summed E-state index contributed by atoms with van der Waals surface area (Å²) in [5.41, 5.74) is 4.36. The third-order valence-corrected chi connectivity index (χ3v) is 5.48. The maximum Gasteiger partial charge on any atom is 0.131 e. The highest BCUT2D eigenvalue weighted by molar-refractivity contribution is 5.71. The molecule has 1 aliphatic rings. The molecule has 0 saturated heterocycles. The molecule has 0 heterocycles.